The van der Waals surface area contributed by atoms with Crippen LogP contribution in [0.1, 0.15) is 50.2 Å². The Hall–Kier alpha value is -1.14. The van der Waals surface area contributed by atoms with Crippen LogP contribution < -0.4 is 10.6 Å². The van der Waals surface area contributed by atoms with Crippen molar-refractivity contribution in [2.24, 2.45) is 4.99 Å². The van der Waals surface area contributed by atoms with Crippen molar-refractivity contribution in [3.8, 4) is 0 Å². The molecule has 6 heteroatoms. The van der Waals surface area contributed by atoms with Crippen molar-refractivity contribution in [2.45, 2.75) is 67.1 Å². The van der Waals surface area contributed by atoms with Crippen molar-refractivity contribution in [1.82, 2.24) is 20.5 Å². The zero-order valence-electron chi connectivity index (χ0n) is 15.7. The van der Waals surface area contributed by atoms with Gasteiger partial charge >= 0.3 is 0 Å². The molecule has 0 aliphatic rings. The monoisotopic (exact) mass is 339 g/mol. The smallest absolute Gasteiger partial charge is 0.191 e. The van der Waals surface area contributed by atoms with Gasteiger partial charge < -0.3 is 10.6 Å². The standard InChI is InChI=1S/C17H33N5S/c1-8-18-17(19-9-10-22(12(2)3)13(4)5)20-11-16-14(6)21-15(7)23-16/h12-13H,8-11H2,1-7H3,(H2,18,19,20). The second kappa shape index (κ2) is 9.88. The lowest BCUT2D eigenvalue weighted by atomic mass is 10.2. The summed E-state index contributed by atoms with van der Waals surface area (Å²) in [6.07, 6.45) is 0. The molecule has 1 heterocycles. The number of aliphatic imine (C=N–C) groups is 1. The summed E-state index contributed by atoms with van der Waals surface area (Å²) in [7, 11) is 0. The second-order valence-electron chi connectivity index (χ2n) is 6.29. The van der Waals surface area contributed by atoms with E-state index >= 15 is 0 Å². The van der Waals surface area contributed by atoms with Crippen molar-refractivity contribution in [1.29, 1.82) is 0 Å². The molecule has 0 aromatic carbocycles. The van der Waals surface area contributed by atoms with Gasteiger partial charge in [0.25, 0.3) is 0 Å². The summed E-state index contributed by atoms with van der Waals surface area (Å²) in [4.78, 5) is 12.9. The van der Waals surface area contributed by atoms with Crippen LogP contribution in [0.4, 0.5) is 0 Å². The number of aromatic nitrogens is 1. The normalized spacial score (nSPS) is 12.5. The van der Waals surface area contributed by atoms with E-state index in [1.54, 1.807) is 11.3 Å². The SMILES string of the molecule is CCNC(=NCc1sc(C)nc1C)NCCN(C(C)C)C(C)C. The first-order chi connectivity index (χ1) is 10.8. The lowest BCUT2D eigenvalue weighted by Gasteiger charge is -2.30. The van der Waals surface area contributed by atoms with Crippen LogP contribution in [0, 0.1) is 13.8 Å². The van der Waals surface area contributed by atoms with Gasteiger partial charge in [0.05, 0.1) is 17.2 Å². The molecular formula is C17H33N5S. The number of thiazole rings is 1. The summed E-state index contributed by atoms with van der Waals surface area (Å²) in [6, 6.07) is 1.11. The zero-order chi connectivity index (χ0) is 17.4. The molecular weight excluding hydrogens is 306 g/mol. The number of hydrogen-bond acceptors (Lipinski definition) is 4. The molecule has 0 fully saturated rings. The molecule has 5 nitrogen and oxygen atoms in total. The number of hydrogen-bond donors (Lipinski definition) is 2. The second-order valence-corrected chi connectivity index (χ2v) is 7.58. The predicted molar refractivity (Wildman–Crippen MR) is 101 cm³/mol. The van der Waals surface area contributed by atoms with E-state index in [4.69, 9.17) is 4.99 Å². The van der Waals surface area contributed by atoms with E-state index in [0.717, 1.165) is 36.3 Å². The average molecular weight is 340 g/mol. The highest BCUT2D eigenvalue weighted by Crippen LogP contribution is 2.17. The third-order valence-electron chi connectivity index (χ3n) is 3.71. The Labute approximate surface area is 145 Å². The number of nitrogens with one attached hydrogen (secondary N) is 2. The lowest BCUT2D eigenvalue weighted by molar-refractivity contribution is 0.178. The quantitative estimate of drug-likeness (QED) is 0.565. The minimum absolute atomic E-state index is 0.555. The Morgan fingerprint density at radius 1 is 1.17 bits per heavy atom. The molecule has 0 bridgehead atoms. The van der Waals surface area contributed by atoms with Gasteiger partial charge in [-0.15, -0.1) is 11.3 Å². The van der Waals surface area contributed by atoms with Crippen LogP contribution >= 0.6 is 11.3 Å². The van der Waals surface area contributed by atoms with Gasteiger partial charge in [-0.05, 0) is 48.5 Å². The Bertz CT molecular complexity index is 485. The topological polar surface area (TPSA) is 52.6 Å². The molecule has 0 saturated carbocycles. The summed E-state index contributed by atoms with van der Waals surface area (Å²) in [6.45, 7) is 18.6. The summed E-state index contributed by atoms with van der Waals surface area (Å²) < 4.78 is 0. The highest BCUT2D eigenvalue weighted by atomic mass is 32.1. The van der Waals surface area contributed by atoms with Gasteiger partial charge in [0.2, 0.25) is 0 Å². The third-order valence-corrected chi connectivity index (χ3v) is 4.77. The van der Waals surface area contributed by atoms with Crippen molar-refractivity contribution < 1.29 is 0 Å². The van der Waals surface area contributed by atoms with Crippen molar-refractivity contribution in [3.63, 3.8) is 0 Å². The van der Waals surface area contributed by atoms with Crippen LogP contribution in [0.15, 0.2) is 4.99 Å². The Kier molecular flexibility index (Phi) is 8.55. The molecule has 132 valence electrons. The number of nitrogens with zero attached hydrogens (tertiary/aromatic N) is 3. The Morgan fingerprint density at radius 2 is 1.83 bits per heavy atom. The maximum Gasteiger partial charge on any atom is 0.191 e. The fraction of sp³-hybridized carbons (Fsp3) is 0.765. The van der Waals surface area contributed by atoms with Crippen molar-refractivity contribution >= 4 is 17.3 Å². The highest BCUT2D eigenvalue weighted by molar-refractivity contribution is 7.11. The first-order valence-electron chi connectivity index (χ1n) is 8.56. The maximum atomic E-state index is 4.69. The summed E-state index contributed by atoms with van der Waals surface area (Å²) in [5, 5.41) is 7.86. The van der Waals surface area contributed by atoms with E-state index < -0.39 is 0 Å². The molecule has 1 rings (SSSR count). The number of aryl methyl sites for hydroxylation is 2. The molecule has 0 radical (unpaired) electrons. The van der Waals surface area contributed by atoms with Gasteiger partial charge in [-0.3, -0.25) is 4.90 Å². The Balaban J connectivity index is 2.57. The molecule has 0 amide bonds. The molecule has 1 aromatic heterocycles. The zero-order valence-corrected chi connectivity index (χ0v) is 16.5. The first-order valence-corrected chi connectivity index (χ1v) is 9.37. The van der Waals surface area contributed by atoms with E-state index in [1.807, 2.05) is 6.92 Å². The van der Waals surface area contributed by atoms with Gasteiger partial charge in [0.15, 0.2) is 5.96 Å². The number of rotatable bonds is 8. The lowest BCUT2D eigenvalue weighted by Crippen LogP contribution is -2.45. The van der Waals surface area contributed by atoms with Gasteiger partial charge in [0.1, 0.15) is 0 Å². The van der Waals surface area contributed by atoms with Gasteiger partial charge in [-0.25, -0.2) is 9.98 Å². The third kappa shape index (κ3) is 6.87. The minimum atomic E-state index is 0.555. The molecule has 0 aliphatic heterocycles. The van der Waals surface area contributed by atoms with Crippen molar-refractivity contribution in [2.75, 3.05) is 19.6 Å². The molecule has 23 heavy (non-hydrogen) atoms. The maximum absolute atomic E-state index is 4.69. The van der Waals surface area contributed by atoms with E-state index in [-0.39, 0.29) is 0 Å². The molecule has 1 aromatic rings. The van der Waals surface area contributed by atoms with Crippen LogP contribution in [-0.2, 0) is 6.54 Å². The summed E-state index contributed by atoms with van der Waals surface area (Å²) in [5.74, 6) is 0.880. The predicted octanol–water partition coefficient (Wildman–Crippen LogP) is 2.93. The van der Waals surface area contributed by atoms with E-state index in [1.165, 1.54) is 4.88 Å². The van der Waals surface area contributed by atoms with E-state index in [9.17, 15) is 0 Å². The summed E-state index contributed by atoms with van der Waals surface area (Å²) >= 11 is 1.73. The molecule has 2 N–H and O–H groups in total. The van der Waals surface area contributed by atoms with Crippen LogP contribution in [0.5, 0.6) is 0 Å². The van der Waals surface area contributed by atoms with Crippen LogP contribution in [0.3, 0.4) is 0 Å². The van der Waals surface area contributed by atoms with Crippen LogP contribution in [0.25, 0.3) is 0 Å². The average Bonchev–Trinajstić information content (AvgIpc) is 2.77. The molecule has 0 aliphatic carbocycles. The first kappa shape index (κ1) is 19.9. The van der Waals surface area contributed by atoms with E-state index in [0.29, 0.717) is 18.6 Å². The Morgan fingerprint density at radius 3 is 2.30 bits per heavy atom. The van der Waals surface area contributed by atoms with Crippen LogP contribution in [0.2, 0.25) is 0 Å². The minimum Gasteiger partial charge on any atom is -0.357 e. The fourth-order valence-corrected chi connectivity index (χ4v) is 3.49. The van der Waals surface area contributed by atoms with Crippen molar-refractivity contribution in [3.05, 3.63) is 15.6 Å². The van der Waals surface area contributed by atoms with Crippen LogP contribution in [-0.4, -0.2) is 47.6 Å². The summed E-state index contributed by atoms with van der Waals surface area (Å²) in [5.41, 5.74) is 1.10. The van der Waals surface area contributed by atoms with Gasteiger partial charge in [-0.2, -0.15) is 0 Å². The molecule has 0 spiro atoms. The van der Waals surface area contributed by atoms with Gasteiger partial charge in [-0.1, -0.05) is 0 Å². The number of guanidine groups is 1. The largest absolute Gasteiger partial charge is 0.357 e. The molecule has 0 saturated heterocycles. The molecule has 0 atom stereocenters. The highest BCUT2D eigenvalue weighted by Gasteiger charge is 2.12. The molecule has 0 unspecified atom stereocenters. The fourth-order valence-electron chi connectivity index (χ4n) is 2.63. The van der Waals surface area contributed by atoms with E-state index in [2.05, 4.69) is 62.1 Å². The van der Waals surface area contributed by atoms with Gasteiger partial charge in [0, 0.05) is 36.6 Å².